The van der Waals surface area contributed by atoms with Gasteiger partial charge in [0.2, 0.25) is 20.9 Å². The molecule has 0 atom stereocenters. The number of carbonyl (C=O) groups excluding carboxylic acids is 6. The zero-order valence-corrected chi connectivity index (χ0v) is 33.6. The van der Waals surface area contributed by atoms with E-state index in [0.717, 1.165) is 13.2 Å². The number of alkyl halides is 3. The largest absolute Gasteiger partial charge is 0.869 e. The second-order valence-corrected chi connectivity index (χ2v) is 18.1. The molecule has 0 radical (unpaired) electrons. The van der Waals surface area contributed by atoms with E-state index >= 15 is 0 Å². The van der Waals surface area contributed by atoms with Gasteiger partial charge in [0.1, 0.15) is 5.76 Å². The van der Waals surface area contributed by atoms with E-state index in [4.69, 9.17) is 40.9 Å². The number of allylic oxidation sites excluding steroid dienone is 2. The van der Waals surface area contributed by atoms with Crippen molar-refractivity contribution in [1.29, 1.82) is 0 Å². The number of aliphatic hydroxyl groups excluding tert-OH is 1. The summed E-state index contributed by atoms with van der Waals surface area (Å²) in [4.78, 5) is 68.1. The van der Waals surface area contributed by atoms with Crippen LogP contribution in [-0.2, 0) is 25.3 Å². The van der Waals surface area contributed by atoms with Crippen molar-refractivity contribution in [2.75, 3.05) is 0 Å². The third kappa shape index (κ3) is 12.5. The minimum atomic E-state index is -2.59. The minimum absolute atomic E-state index is 0.139. The van der Waals surface area contributed by atoms with Crippen LogP contribution < -0.4 is 26.3 Å². The standard InChI is InChI=1S/C16H9IO3.C10H11IO4.C10H6O3.CHCl3/c18-14-11-8-4-5-9-12(11)15(19)16(20)13(14)17-10-6-2-1-3-7-10;1-8(12)14-11(15-9(2)13)10-6-4-3-5-7-10;11-8-5-9(12)10(13)7-4-2-1-3-6(7)8;2-1(3)4/h1-9H;3-7H,1-2H3;1-5,11H;1H. The molecule has 0 unspecified atom stereocenters. The third-order valence-electron chi connectivity index (χ3n) is 6.17. The van der Waals surface area contributed by atoms with Crippen molar-refractivity contribution in [3.05, 3.63) is 148 Å². The molecule has 0 bridgehead atoms. The van der Waals surface area contributed by atoms with Crippen LogP contribution in [0.3, 0.4) is 0 Å². The summed E-state index contributed by atoms with van der Waals surface area (Å²) in [5.41, 5.74) is 1.27. The first-order valence-electron chi connectivity index (χ1n) is 14.6. The van der Waals surface area contributed by atoms with Gasteiger partial charge in [0.15, 0.2) is 7.87 Å². The number of rotatable bonds is 5. The number of aliphatic hydroxyl groups is 1. The monoisotopic (exact) mass is 990 g/mol. The van der Waals surface area contributed by atoms with Gasteiger partial charge in [0, 0.05) is 22.8 Å². The molecule has 0 spiro atoms. The SMILES string of the molecule is CC(=O)OI(OC(C)=O)c1ccccc1.ClC(Cl)Cl.O=C1C(=O)c2ccccc2C([O-])=C1[I+]c1ccccc1.O=C1C=C(O)c2ccccc2C1=O. The first-order valence-corrected chi connectivity index (χ1v) is 21.0. The average Bonchev–Trinajstić information content (AvgIpc) is 3.12. The molecule has 10 nitrogen and oxygen atoms in total. The Balaban J connectivity index is 0.000000204. The van der Waals surface area contributed by atoms with Crippen molar-refractivity contribution >= 4 is 102 Å². The smallest absolute Gasteiger partial charge is 0.361 e. The van der Waals surface area contributed by atoms with Gasteiger partial charge in [0.25, 0.3) is 5.78 Å². The average molecular weight is 992 g/mol. The Hall–Kier alpha value is -4.09. The fourth-order valence-electron chi connectivity index (χ4n) is 4.12. The molecule has 4 aromatic carbocycles. The van der Waals surface area contributed by atoms with Crippen LogP contribution in [0, 0.1) is 7.14 Å². The normalized spacial score (nSPS) is 13.0. The van der Waals surface area contributed by atoms with Gasteiger partial charge < -0.3 is 10.2 Å². The Bertz CT molecular complexity index is 2000. The number of benzene rings is 4. The summed E-state index contributed by atoms with van der Waals surface area (Å²) in [6, 6.07) is 31.4. The number of ketones is 4. The fraction of sp³-hybridized carbons (Fsp3) is 0.0811. The molecule has 0 amide bonds. The van der Waals surface area contributed by atoms with E-state index in [1.165, 1.54) is 26.0 Å². The Morgan fingerprint density at radius 1 is 0.654 bits per heavy atom. The molecule has 52 heavy (non-hydrogen) atoms. The quantitative estimate of drug-likeness (QED) is 0.175. The molecule has 4 aromatic rings. The zero-order chi connectivity index (χ0) is 38.4. The van der Waals surface area contributed by atoms with Gasteiger partial charge in [-0.3, -0.25) is 19.2 Å². The van der Waals surface area contributed by atoms with Gasteiger partial charge in [-0.25, -0.2) is 0 Å². The summed E-state index contributed by atoms with van der Waals surface area (Å²) in [5.74, 6) is -3.71. The van der Waals surface area contributed by atoms with Gasteiger partial charge in [-0.2, -0.15) is 0 Å². The van der Waals surface area contributed by atoms with Gasteiger partial charge in [-0.1, -0.05) is 102 Å². The molecule has 0 aliphatic heterocycles. The topological polar surface area (TPSA) is 164 Å². The van der Waals surface area contributed by atoms with E-state index in [1.807, 2.05) is 48.5 Å². The number of halogens is 5. The van der Waals surface area contributed by atoms with Gasteiger partial charge in [-0.05, 0) is 23.5 Å². The molecule has 2 aliphatic carbocycles. The molecule has 0 saturated carbocycles. The first-order chi connectivity index (χ1) is 24.7. The van der Waals surface area contributed by atoms with Crippen LogP contribution in [0.4, 0.5) is 0 Å². The number of carbonyl (C=O) groups is 6. The van der Waals surface area contributed by atoms with Crippen LogP contribution in [0.1, 0.15) is 45.7 Å². The van der Waals surface area contributed by atoms with Crippen molar-refractivity contribution in [3.63, 3.8) is 0 Å². The first kappa shape index (κ1) is 42.3. The van der Waals surface area contributed by atoms with Crippen LogP contribution in [0.5, 0.6) is 0 Å². The molecule has 1 N–H and O–H groups in total. The second kappa shape index (κ2) is 20.8. The van der Waals surface area contributed by atoms with E-state index in [1.54, 1.807) is 48.5 Å². The number of fused-ring (bicyclic) bond motifs is 2. The van der Waals surface area contributed by atoms with Gasteiger partial charge in [-0.15, -0.1) is 0 Å². The number of hydrogen-bond acceptors (Lipinski definition) is 10. The molecule has 270 valence electrons. The summed E-state index contributed by atoms with van der Waals surface area (Å²) in [7, 11) is 0. The van der Waals surface area contributed by atoms with Crippen LogP contribution >= 0.6 is 55.5 Å². The molecule has 6 rings (SSSR count). The van der Waals surface area contributed by atoms with Crippen molar-refractivity contribution in [2.24, 2.45) is 0 Å². The van der Waals surface area contributed by atoms with Crippen molar-refractivity contribution in [1.82, 2.24) is 0 Å². The summed E-state index contributed by atoms with van der Waals surface area (Å²) in [5, 5.41) is 21.7. The second-order valence-electron chi connectivity index (χ2n) is 9.90. The van der Waals surface area contributed by atoms with Gasteiger partial charge >= 0.3 is 117 Å². The van der Waals surface area contributed by atoms with Crippen LogP contribution in [0.2, 0.25) is 0 Å². The Morgan fingerprint density at radius 2 is 1.08 bits per heavy atom. The Labute approximate surface area is 332 Å². The molecule has 2 aliphatic rings. The van der Waals surface area contributed by atoms with Crippen molar-refractivity contribution in [3.8, 4) is 0 Å². The van der Waals surface area contributed by atoms with E-state index < -0.39 is 81.2 Å². The van der Waals surface area contributed by atoms with Gasteiger partial charge in [0.05, 0.1) is 0 Å². The van der Waals surface area contributed by atoms with Crippen molar-refractivity contribution < 1.29 is 66.3 Å². The molecular weight excluding hydrogens is 965 g/mol. The summed E-state index contributed by atoms with van der Waals surface area (Å²) < 4.78 is 11.2. The van der Waals surface area contributed by atoms with Crippen LogP contribution in [-0.4, -0.2) is 44.5 Å². The minimum Gasteiger partial charge on any atom is -0.869 e. The van der Waals surface area contributed by atoms with Crippen LogP contribution in [0.15, 0.2) is 119 Å². The predicted octanol–water partition coefficient (Wildman–Crippen LogP) is 4.10. The van der Waals surface area contributed by atoms with E-state index in [2.05, 4.69) is 0 Å². The summed E-state index contributed by atoms with van der Waals surface area (Å²) in [6.45, 7) is 2.60. The van der Waals surface area contributed by atoms with E-state index in [9.17, 15) is 39.0 Å². The van der Waals surface area contributed by atoms with Crippen molar-refractivity contribution in [2.45, 2.75) is 18.1 Å². The maximum Gasteiger partial charge on any atom is 0.361 e. The molecule has 0 fully saturated rings. The van der Waals surface area contributed by atoms with E-state index in [-0.39, 0.29) is 26.2 Å². The maximum absolute atomic E-state index is 12.4. The molecule has 0 aromatic heterocycles. The summed E-state index contributed by atoms with van der Waals surface area (Å²) >= 11 is 10.9. The summed E-state index contributed by atoms with van der Waals surface area (Å²) in [6.07, 6.45) is 0.949. The fourth-order valence-corrected chi connectivity index (χ4v) is 9.27. The Morgan fingerprint density at radius 3 is 1.58 bits per heavy atom. The third-order valence-corrected chi connectivity index (χ3v) is 12.8. The Kier molecular flexibility index (Phi) is 16.9. The molecule has 0 heterocycles. The predicted molar refractivity (Wildman–Crippen MR) is 198 cm³/mol. The number of hydrogen-bond donors (Lipinski definition) is 1. The molecular formula is C37H27Cl3I2O10. The maximum atomic E-state index is 12.4. The van der Waals surface area contributed by atoms with Crippen LogP contribution in [0.25, 0.3) is 11.5 Å². The molecule has 0 saturated heterocycles. The number of Topliss-reactive ketones (excluding diaryl/α,β-unsaturated/α-hetero) is 3. The molecule has 15 heteroatoms. The van der Waals surface area contributed by atoms with E-state index in [0.29, 0.717) is 11.1 Å². The zero-order valence-electron chi connectivity index (χ0n) is 27.1.